The summed E-state index contributed by atoms with van der Waals surface area (Å²) < 4.78 is 0. The zero-order valence-corrected chi connectivity index (χ0v) is 11.3. The highest BCUT2D eigenvalue weighted by Gasteiger charge is 2.23. The molecule has 0 aromatic heterocycles. The molecule has 0 saturated heterocycles. The van der Waals surface area contributed by atoms with Gasteiger partial charge in [-0.15, -0.1) is 0 Å². The van der Waals surface area contributed by atoms with Gasteiger partial charge in [-0.1, -0.05) is 39.3 Å². The van der Waals surface area contributed by atoms with E-state index in [4.69, 9.17) is 10.9 Å². The van der Waals surface area contributed by atoms with Crippen molar-refractivity contribution in [2.24, 2.45) is 22.2 Å². The average Bonchev–Trinajstić information content (AvgIpc) is 2.25. The van der Waals surface area contributed by atoms with Gasteiger partial charge in [0.05, 0.1) is 0 Å². The molecule has 0 aliphatic carbocycles. The molecular formula is C12H27N3O. The Balaban J connectivity index is 4.04. The van der Waals surface area contributed by atoms with Crippen LogP contribution in [0.2, 0.25) is 0 Å². The summed E-state index contributed by atoms with van der Waals surface area (Å²) in [5.74, 6) is 1.03. The molecule has 16 heavy (non-hydrogen) atoms. The highest BCUT2D eigenvalue weighted by atomic mass is 16.4. The number of hydrogen-bond acceptors (Lipinski definition) is 3. The van der Waals surface area contributed by atoms with Crippen molar-refractivity contribution in [3.63, 3.8) is 0 Å². The van der Waals surface area contributed by atoms with Gasteiger partial charge in [-0.3, -0.25) is 0 Å². The summed E-state index contributed by atoms with van der Waals surface area (Å²) in [4.78, 5) is 2.31. The molecule has 96 valence electrons. The predicted molar refractivity (Wildman–Crippen MR) is 68.8 cm³/mol. The van der Waals surface area contributed by atoms with Gasteiger partial charge in [-0.05, 0) is 25.9 Å². The summed E-state index contributed by atoms with van der Waals surface area (Å²) in [5.41, 5.74) is 5.41. The van der Waals surface area contributed by atoms with E-state index in [9.17, 15) is 0 Å². The number of rotatable bonds is 7. The van der Waals surface area contributed by atoms with E-state index in [0.717, 1.165) is 25.4 Å². The van der Waals surface area contributed by atoms with Crippen molar-refractivity contribution in [3.8, 4) is 0 Å². The first kappa shape index (κ1) is 15.2. The van der Waals surface area contributed by atoms with Crippen LogP contribution in [-0.2, 0) is 0 Å². The largest absolute Gasteiger partial charge is 0.409 e. The van der Waals surface area contributed by atoms with Gasteiger partial charge in [0.1, 0.15) is 5.84 Å². The van der Waals surface area contributed by atoms with E-state index in [0.29, 0.717) is 5.84 Å². The summed E-state index contributed by atoms with van der Waals surface area (Å²) in [7, 11) is 2.12. The fraction of sp³-hybridized carbons (Fsp3) is 0.917. The van der Waals surface area contributed by atoms with E-state index < -0.39 is 0 Å². The van der Waals surface area contributed by atoms with E-state index in [1.54, 1.807) is 0 Å². The first-order chi connectivity index (χ1) is 7.33. The lowest BCUT2D eigenvalue weighted by Gasteiger charge is -2.27. The van der Waals surface area contributed by atoms with Gasteiger partial charge < -0.3 is 15.8 Å². The number of nitrogens with two attached hydrogens (primary N) is 1. The highest BCUT2D eigenvalue weighted by Crippen LogP contribution is 2.20. The molecule has 0 fully saturated rings. The minimum atomic E-state index is -0.238. The van der Waals surface area contributed by atoms with Crippen molar-refractivity contribution in [1.29, 1.82) is 0 Å². The molecule has 0 amide bonds. The fourth-order valence-corrected chi connectivity index (χ4v) is 1.49. The van der Waals surface area contributed by atoms with E-state index in [1.165, 1.54) is 6.42 Å². The molecule has 0 saturated carbocycles. The summed E-state index contributed by atoms with van der Waals surface area (Å²) >= 11 is 0. The Hall–Kier alpha value is -0.770. The lowest BCUT2D eigenvalue weighted by atomic mass is 9.88. The minimum absolute atomic E-state index is 0.238. The van der Waals surface area contributed by atoms with E-state index >= 15 is 0 Å². The van der Waals surface area contributed by atoms with Crippen LogP contribution >= 0.6 is 0 Å². The molecule has 0 aromatic rings. The quantitative estimate of drug-likeness (QED) is 0.304. The van der Waals surface area contributed by atoms with Crippen LogP contribution in [-0.4, -0.2) is 36.1 Å². The Morgan fingerprint density at radius 2 is 2.06 bits per heavy atom. The van der Waals surface area contributed by atoms with E-state index in [1.807, 2.05) is 13.8 Å². The standard InChI is InChI=1S/C12H27N3O/c1-6-10(2)9-15(5)8-7-12(3,4)11(13)14-16/h10,16H,6-9H2,1-5H3,(H2,13,14). The fourth-order valence-electron chi connectivity index (χ4n) is 1.49. The Morgan fingerprint density at radius 3 is 2.50 bits per heavy atom. The van der Waals surface area contributed by atoms with Gasteiger partial charge in [0.2, 0.25) is 0 Å². The van der Waals surface area contributed by atoms with Gasteiger partial charge in [-0.2, -0.15) is 0 Å². The molecule has 0 bridgehead atoms. The van der Waals surface area contributed by atoms with Crippen LogP contribution in [0.1, 0.15) is 40.5 Å². The summed E-state index contributed by atoms with van der Waals surface area (Å²) in [6.07, 6.45) is 2.10. The number of amidine groups is 1. The number of hydrogen-bond donors (Lipinski definition) is 2. The molecule has 0 aliphatic heterocycles. The number of nitrogens with zero attached hydrogens (tertiary/aromatic N) is 2. The molecule has 0 radical (unpaired) electrons. The van der Waals surface area contributed by atoms with Crippen molar-refractivity contribution in [2.75, 3.05) is 20.1 Å². The highest BCUT2D eigenvalue weighted by molar-refractivity contribution is 5.85. The summed E-state index contributed by atoms with van der Waals surface area (Å²) in [5, 5.41) is 11.8. The van der Waals surface area contributed by atoms with Crippen LogP contribution in [0.4, 0.5) is 0 Å². The SMILES string of the molecule is CCC(C)CN(C)CCC(C)(C)C(N)=NO. The smallest absolute Gasteiger partial charge is 0.144 e. The van der Waals surface area contributed by atoms with E-state index in [2.05, 4.69) is 31.0 Å². The second-order valence-corrected chi connectivity index (χ2v) is 5.39. The third-order valence-electron chi connectivity index (χ3n) is 3.24. The van der Waals surface area contributed by atoms with Gasteiger partial charge in [-0.25, -0.2) is 0 Å². The molecule has 0 rings (SSSR count). The van der Waals surface area contributed by atoms with Crippen LogP contribution in [0.3, 0.4) is 0 Å². The maximum atomic E-state index is 8.67. The molecular weight excluding hydrogens is 202 g/mol. The normalized spacial score (nSPS) is 15.5. The van der Waals surface area contributed by atoms with Gasteiger partial charge >= 0.3 is 0 Å². The Morgan fingerprint density at radius 1 is 1.50 bits per heavy atom. The van der Waals surface area contributed by atoms with Crippen LogP contribution in [0.15, 0.2) is 5.16 Å². The molecule has 4 nitrogen and oxygen atoms in total. The third-order valence-corrected chi connectivity index (χ3v) is 3.24. The Kier molecular flexibility index (Phi) is 6.41. The zero-order chi connectivity index (χ0) is 12.8. The molecule has 0 spiro atoms. The third kappa shape index (κ3) is 5.35. The Labute approximate surface area is 99.5 Å². The van der Waals surface area contributed by atoms with Crippen molar-refractivity contribution >= 4 is 5.84 Å². The predicted octanol–water partition coefficient (Wildman–Crippen LogP) is 2.13. The second kappa shape index (κ2) is 6.74. The molecule has 3 N–H and O–H groups in total. The molecule has 0 aromatic carbocycles. The van der Waals surface area contributed by atoms with Gasteiger partial charge in [0, 0.05) is 12.0 Å². The van der Waals surface area contributed by atoms with E-state index in [-0.39, 0.29) is 5.41 Å². The number of oxime groups is 1. The molecule has 1 unspecified atom stereocenters. The van der Waals surface area contributed by atoms with Crippen molar-refractivity contribution in [1.82, 2.24) is 4.90 Å². The molecule has 1 atom stereocenters. The Bertz CT molecular complexity index is 226. The average molecular weight is 229 g/mol. The first-order valence-electron chi connectivity index (χ1n) is 6.00. The van der Waals surface area contributed by atoms with Crippen LogP contribution < -0.4 is 5.73 Å². The van der Waals surface area contributed by atoms with Crippen LogP contribution in [0, 0.1) is 11.3 Å². The summed E-state index contributed by atoms with van der Waals surface area (Å²) in [6.45, 7) is 10.5. The monoisotopic (exact) mass is 229 g/mol. The maximum Gasteiger partial charge on any atom is 0.144 e. The van der Waals surface area contributed by atoms with Gasteiger partial charge in [0.25, 0.3) is 0 Å². The van der Waals surface area contributed by atoms with Crippen molar-refractivity contribution in [2.45, 2.75) is 40.5 Å². The lowest BCUT2D eigenvalue weighted by Crippen LogP contribution is -2.36. The molecule has 0 aliphatic rings. The van der Waals surface area contributed by atoms with Gasteiger partial charge in [0.15, 0.2) is 0 Å². The topological polar surface area (TPSA) is 61.8 Å². The molecule has 4 heteroatoms. The van der Waals surface area contributed by atoms with Crippen molar-refractivity contribution < 1.29 is 5.21 Å². The zero-order valence-electron chi connectivity index (χ0n) is 11.3. The minimum Gasteiger partial charge on any atom is -0.409 e. The summed E-state index contributed by atoms with van der Waals surface area (Å²) in [6, 6.07) is 0. The van der Waals surface area contributed by atoms with Crippen LogP contribution in [0.25, 0.3) is 0 Å². The first-order valence-corrected chi connectivity index (χ1v) is 6.00. The molecule has 0 heterocycles. The maximum absolute atomic E-state index is 8.67. The second-order valence-electron chi connectivity index (χ2n) is 5.39. The van der Waals surface area contributed by atoms with Crippen molar-refractivity contribution in [3.05, 3.63) is 0 Å². The van der Waals surface area contributed by atoms with Crippen LogP contribution in [0.5, 0.6) is 0 Å². The lowest BCUT2D eigenvalue weighted by molar-refractivity contribution is 0.249.